The van der Waals surface area contributed by atoms with Gasteiger partial charge in [-0.1, -0.05) is 29.8 Å². The van der Waals surface area contributed by atoms with Gasteiger partial charge in [0.15, 0.2) is 0 Å². The molecule has 1 amide bonds. The number of benzene rings is 2. The van der Waals surface area contributed by atoms with Crippen molar-refractivity contribution in [1.29, 1.82) is 0 Å². The lowest BCUT2D eigenvalue weighted by atomic mass is 10.1. The van der Waals surface area contributed by atoms with Crippen LogP contribution in [0.3, 0.4) is 0 Å². The lowest BCUT2D eigenvalue weighted by Crippen LogP contribution is -2.28. The molecule has 0 bridgehead atoms. The van der Waals surface area contributed by atoms with Gasteiger partial charge in [0.1, 0.15) is 0 Å². The third-order valence-corrected chi connectivity index (χ3v) is 6.14. The molecule has 0 radical (unpaired) electrons. The number of H-pyrrole nitrogens is 1. The molecule has 2 aromatic carbocycles. The van der Waals surface area contributed by atoms with Crippen molar-refractivity contribution in [2.45, 2.75) is 13.3 Å². The van der Waals surface area contributed by atoms with Crippen molar-refractivity contribution in [2.75, 3.05) is 11.4 Å². The first kappa shape index (κ1) is 15.3. The number of anilines is 1. The highest BCUT2D eigenvalue weighted by molar-refractivity contribution is 7.21. The summed E-state index contributed by atoms with van der Waals surface area (Å²) in [5.74, 6) is -0.0312. The first-order valence-electron chi connectivity index (χ1n) is 8.58. The quantitative estimate of drug-likeness (QED) is 0.552. The van der Waals surface area contributed by atoms with Gasteiger partial charge in [0.2, 0.25) is 0 Å². The van der Waals surface area contributed by atoms with E-state index in [0.29, 0.717) is 16.8 Å². The molecule has 0 unspecified atom stereocenters. The van der Waals surface area contributed by atoms with Crippen molar-refractivity contribution >= 4 is 43.9 Å². The SMILES string of the molecule is Cc1ccc2[nH]c(=O)c3cc(C(=O)N4CCc5ccccc54)sc3c2c1. The molecule has 128 valence electrons. The molecule has 0 spiro atoms. The topological polar surface area (TPSA) is 53.2 Å². The van der Waals surface area contributed by atoms with E-state index in [0.717, 1.165) is 33.3 Å². The van der Waals surface area contributed by atoms with Crippen molar-refractivity contribution in [3.8, 4) is 0 Å². The van der Waals surface area contributed by atoms with Crippen LogP contribution in [0.5, 0.6) is 0 Å². The molecule has 0 saturated carbocycles. The highest BCUT2D eigenvalue weighted by Gasteiger charge is 2.27. The molecule has 3 heterocycles. The molecular weight excluding hydrogens is 344 g/mol. The molecule has 5 heteroatoms. The first-order valence-corrected chi connectivity index (χ1v) is 9.39. The molecule has 0 aliphatic carbocycles. The summed E-state index contributed by atoms with van der Waals surface area (Å²) in [5, 5.41) is 1.58. The second-order valence-corrected chi connectivity index (χ2v) is 7.74. The average molecular weight is 360 g/mol. The van der Waals surface area contributed by atoms with E-state index in [1.165, 1.54) is 16.9 Å². The van der Waals surface area contributed by atoms with E-state index >= 15 is 0 Å². The smallest absolute Gasteiger partial charge is 0.268 e. The van der Waals surface area contributed by atoms with Crippen LogP contribution in [0.15, 0.2) is 53.3 Å². The summed E-state index contributed by atoms with van der Waals surface area (Å²) in [4.78, 5) is 30.9. The number of hydrogen-bond acceptors (Lipinski definition) is 3. The maximum absolute atomic E-state index is 13.1. The molecule has 0 saturated heterocycles. The van der Waals surface area contributed by atoms with Crippen LogP contribution in [0.25, 0.3) is 21.0 Å². The Hall–Kier alpha value is -2.92. The predicted octanol–water partition coefficient (Wildman–Crippen LogP) is 4.25. The van der Waals surface area contributed by atoms with Crippen molar-refractivity contribution in [2.24, 2.45) is 0 Å². The van der Waals surface area contributed by atoms with E-state index in [1.807, 2.05) is 42.2 Å². The maximum atomic E-state index is 13.1. The summed E-state index contributed by atoms with van der Waals surface area (Å²) in [6.45, 7) is 2.71. The number of pyridine rings is 1. The molecule has 0 atom stereocenters. The van der Waals surface area contributed by atoms with E-state index in [4.69, 9.17) is 0 Å². The summed E-state index contributed by atoms with van der Waals surface area (Å²) in [6.07, 6.45) is 0.871. The van der Waals surface area contributed by atoms with Gasteiger partial charge in [0.05, 0.1) is 10.3 Å². The number of aromatic nitrogens is 1. The van der Waals surface area contributed by atoms with Crippen molar-refractivity contribution in [1.82, 2.24) is 4.98 Å². The van der Waals surface area contributed by atoms with Crippen LogP contribution in [-0.4, -0.2) is 17.4 Å². The number of carbonyl (C=O) groups excluding carboxylic acids is 1. The number of amides is 1. The Morgan fingerprint density at radius 2 is 1.96 bits per heavy atom. The fraction of sp³-hybridized carbons (Fsp3) is 0.143. The van der Waals surface area contributed by atoms with Gasteiger partial charge in [0, 0.05) is 27.8 Å². The molecule has 26 heavy (non-hydrogen) atoms. The van der Waals surface area contributed by atoms with E-state index in [2.05, 4.69) is 17.1 Å². The van der Waals surface area contributed by atoms with E-state index in [9.17, 15) is 9.59 Å². The number of aryl methyl sites for hydroxylation is 1. The van der Waals surface area contributed by atoms with Gasteiger partial charge in [-0.15, -0.1) is 11.3 Å². The number of rotatable bonds is 1. The second-order valence-electron chi connectivity index (χ2n) is 6.69. The van der Waals surface area contributed by atoms with Crippen molar-refractivity contribution in [3.63, 3.8) is 0 Å². The highest BCUT2D eigenvalue weighted by atomic mass is 32.1. The van der Waals surface area contributed by atoms with Gasteiger partial charge in [-0.3, -0.25) is 9.59 Å². The lowest BCUT2D eigenvalue weighted by molar-refractivity contribution is 0.0993. The minimum Gasteiger partial charge on any atom is -0.321 e. The standard InChI is InChI=1S/C21H16N2O2S/c1-12-6-7-16-14(10-12)19-15(20(24)22-16)11-18(26-19)21(25)23-9-8-13-4-2-3-5-17(13)23/h2-7,10-11H,8-9H2,1H3,(H,22,24). The molecule has 4 aromatic rings. The Balaban J connectivity index is 1.68. The summed E-state index contributed by atoms with van der Waals surface area (Å²) in [6, 6.07) is 15.7. The van der Waals surface area contributed by atoms with Crippen LogP contribution in [0, 0.1) is 6.92 Å². The Kier molecular flexibility index (Phi) is 3.27. The maximum Gasteiger partial charge on any atom is 0.268 e. The first-order chi connectivity index (χ1) is 12.6. The summed E-state index contributed by atoms with van der Waals surface area (Å²) < 4.78 is 0.878. The predicted molar refractivity (Wildman–Crippen MR) is 107 cm³/mol. The van der Waals surface area contributed by atoms with Gasteiger partial charge in [-0.25, -0.2) is 0 Å². The largest absolute Gasteiger partial charge is 0.321 e. The van der Waals surface area contributed by atoms with Crippen LogP contribution >= 0.6 is 11.3 Å². The van der Waals surface area contributed by atoms with E-state index in [1.54, 1.807) is 6.07 Å². The number of nitrogens with zero attached hydrogens (tertiary/aromatic N) is 1. The minimum absolute atomic E-state index is 0.0312. The molecule has 4 nitrogen and oxygen atoms in total. The average Bonchev–Trinajstić information content (AvgIpc) is 3.27. The Morgan fingerprint density at radius 1 is 1.12 bits per heavy atom. The summed E-state index contributed by atoms with van der Waals surface area (Å²) >= 11 is 1.41. The normalized spacial score (nSPS) is 13.5. The summed E-state index contributed by atoms with van der Waals surface area (Å²) in [7, 11) is 0. The Bertz CT molecular complexity index is 1250. The number of hydrogen-bond donors (Lipinski definition) is 1. The number of para-hydroxylation sites is 1. The van der Waals surface area contributed by atoms with Crippen molar-refractivity contribution < 1.29 is 4.79 Å². The zero-order valence-electron chi connectivity index (χ0n) is 14.2. The molecule has 1 aliphatic heterocycles. The zero-order valence-corrected chi connectivity index (χ0v) is 15.0. The zero-order chi connectivity index (χ0) is 17.8. The third-order valence-electron chi connectivity index (χ3n) is 4.99. The Labute approximate surface area is 153 Å². The van der Waals surface area contributed by atoms with Gasteiger partial charge < -0.3 is 9.88 Å². The van der Waals surface area contributed by atoms with Gasteiger partial charge in [-0.05, 0) is 43.2 Å². The Morgan fingerprint density at radius 3 is 2.85 bits per heavy atom. The number of nitrogens with one attached hydrogen (secondary N) is 1. The fourth-order valence-corrected chi connectivity index (χ4v) is 4.83. The number of thiophene rings is 1. The van der Waals surface area contributed by atoms with Crippen LogP contribution in [0.2, 0.25) is 0 Å². The minimum atomic E-state index is -0.145. The van der Waals surface area contributed by atoms with Gasteiger partial charge in [0.25, 0.3) is 11.5 Å². The van der Waals surface area contributed by atoms with E-state index in [-0.39, 0.29) is 11.5 Å². The van der Waals surface area contributed by atoms with Crippen LogP contribution in [-0.2, 0) is 6.42 Å². The van der Waals surface area contributed by atoms with Crippen LogP contribution in [0.4, 0.5) is 5.69 Å². The molecule has 1 N–H and O–H groups in total. The van der Waals surface area contributed by atoms with Gasteiger partial charge in [-0.2, -0.15) is 0 Å². The van der Waals surface area contributed by atoms with E-state index < -0.39 is 0 Å². The lowest BCUT2D eigenvalue weighted by Gasteiger charge is -2.15. The number of carbonyl (C=O) groups is 1. The molecular formula is C21H16N2O2S. The molecule has 0 fully saturated rings. The number of aromatic amines is 1. The van der Waals surface area contributed by atoms with Crippen LogP contribution in [0.1, 0.15) is 20.8 Å². The molecule has 1 aliphatic rings. The third kappa shape index (κ3) is 2.21. The number of fused-ring (bicyclic) bond motifs is 4. The summed E-state index contributed by atoms with van der Waals surface area (Å²) in [5.41, 5.74) is 3.96. The van der Waals surface area contributed by atoms with Crippen LogP contribution < -0.4 is 10.5 Å². The monoisotopic (exact) mass is 360 g/mol. The second kappa shape index (κ2) is 5.54. The molecule has 5 rings (SSSR count). The van der Waals surface area contributed by atoms with Crippen molar-refractivity contribution in [3.05, 3.63) is 74.9 Å². The molecule has 2 aromatic heterocycles. The van der Waals surface area contributed by atoms with Gasteiger partial charge >= 0.3 is 0 Å². The highest BCUT2D eigenvalue weighted by Crippen LogP contribution is 2.34. The fourth-order valence-electron chi connectivity index (χ4n) is 3.69.